The minimum Gasteiger partial charge on any atom is -0.370 e. The topological polar surface area (TPSA) is 75.4 Å². The molecule has 0 aromatic heterocycles. The van der Waals surface area contributed by atoms with Gasteiger partial charge >= 0.3 is 0 Å². The smallest absolute Gasteiger partial charge is 0.241 e. The first-order chi connectivity index (χ1) is 11.4. The van der Waals surface area contributed by atoms with Gasteiger partial charge in [0.15, 0.2) is 0 Å². The van der Waals surface area contributed by atoms with Gasteiger partial charge in [-0.3, -0.25) is 14.5 Å². The van der Waals surface area contributed by atoms with Gasteiger partial charge in [-0.15, -0.1) is 0 Å². The molecule has 2 rings (SSSR count). The van der Waals surface area contributed by atoms with E-state index in [0.29, 0.717) is 28.1 Å². The van der Waals surface area contributed by atoms with E-state index in [1.54, 1.807) is 18.2 Å². The van der Waals surface area contributed by atoms with E-state index in [2.05, 4.69) is 10.2 Å². The summed E-state index contributed by atoms with van der Waals surface area (Å²) in [6.07, 6.45) is 3.27. The number of carbonyl (C=O) groups excluding carboxylic acids is 2. The Hall–Kier alpha value is -1.30. The third-order valence-corrected chi connectivity index (χ3v) is 5.01. The zero-order valence-electron chi connectivity index (χ0n) is 13.7. The summed E-state index contributed by atoms with van der Waals surface area (Å²) in [6, 6.07) is 4.72. The van der Waals surface area contributed by atoms with E-state index in [9.17, 15) is 9.59 Å². The predicted molar refractivity (Wildman–Crippen MR) is 97.3 cm³/mol. The number of carbonyl (C=O) groups is 2. The number of benzene rings is 1. The van der Waals surface area contributed by atoms with E-state index in [-0.39, 0.29) is 17.9 Å². The summed E-state index contributed by atoms with van der Waals surface area (Å²) in [6.45, 7) is 3.56. The van der Waals surface area contributed by atoms with Crippen LogP contribution < -0.4 is 11.1 Å². The molecule has 7 heteroatoms. The highest BCUT2D eigenvalue weighted by molar-refractivity contribution is 6.36. The number of anilines is 1. The molecule has 0 spiro atoms. The number of amides is 2. The van der Waals surface area contributed by atoms with Crippen LogP contribution in [0.3, 0.4) is 0 Å². The van der Waals surface area contributed by atoms with Crippen molar-refractivity contribution >= 4 is 40.7 Å². The Labute approximate surface area is 152 Å². The van der Waals surface area contributed by atoms with Gasteiger partial charge in [-0.2, -0.15) is 0 Å². The number of piperidine rings is 1. The standard InChI is InChI=1S/C17H23Cl2N3O2/c1-11(17(24)21-15-6-5-13(18)9-14(15)19)22-8-2-3-12(10-22)4-7-16(20)23/h5-6,9,11-12H,2-4,7-8,10H2,1H3,(H2,20,23)(H,21,24). The average Bonchev–Trinajstić information content (AvgIpc) is 2.55. The molecule has 1 aliphatic rings. The minimum atomic E-state index is -0.270. The number of likely N-dealkylation sites (tertiary alicyclic amines) is 1. The average molecular weight is 372 g/mol. The van der Waals surface area contributed by atoms with E-state index in [0.717, 1.165) is 32.4 Å². The number of nitrogens with zero attached hydrogens (tertiary/aromatic N) is 1. The van der Waals surface area contributed by atoms with Crippen LogP contribution in [0.1, 0.15) is 32.6 Å². The summed E-state index contributed by atoms with van der Waals surface area (Å²) < 4.78 is 0. The monoisotopic (exact) mass is 371 g/mol. The highest BCUT2D eigenvalue weighted by Crippen LogP contribution is 2.26. The molecule has 1 heterocycles. The number of primary amides is 1. The molecule has 0 bridgehead atoms. The van der Waals surface area contributed by atoms with Crippen LogP contribution in [0, 0.1) is 5.92 Å². The lowest BCUT2D eigenvalue weighted by atomic mass is 9.92. The van der Waals surface area contributed by atoms with Crippen molar-refractivity contribution in [3.63, 3.8) is 0 Å². The first-order valence-corrected chi connectivity index (χ1v) is 8.90. The number of hydrogen-bond acceptors (Lipinski definition) is 3. The van der Waals surface area contributed by atoms with Crippen molar-refractivity contribution in [2.75, 3.05) is 18.4 Å². The lowest BCUT2D eigenvalue weighted by Gasteiger charge is -2.36. The second-order valence-corrected chi connectivity index (χ2v) is 7.14. The summed E-state index contributed by atoms with van der Waals surface area (Å²) in [7, 11) is 0. The largest absolute Gasteiger partial charge is 0.370 e. The van der Waals surface area contributed by atoms with E-state index >= 15 is 0 Å². The van der Waals surface area contributed by atoms with Crippen LogP contribution >= 0.6 is 23.2 Å². The zero-order chi connectivity index (χ0) is 17.7. The molecule has 2 unspecified atom stereocenters. The fourth-order valence-electron chi connectivity index (χ4n) is 3.02. The van der Waals surface area contributed by atoms with E-state index < -0.39 is 0 Å². The molecule has 1 aromatic rings. The van der Waals surface area contributed by atoms with Gasteiger partial charge in [0, 0.05) is 18.0 Å². The van der Waals surface area contributed by atoms with Gasteiger partial charge in [-0.25, -0.2) is 0 Å². The van der Waals surface area contributed by atoms with Crippen molar-refractivity contribution in [3.05, 3.63) is 28.2 Å². The molecule has 2 atom stereocenters. The lowest BCUT2D eigenvalue weighted by Crippen LogP contribution is -2.47. The van der Waals surface area contributed by atoms with Crippen molar-refractivity contribution in [1.82, 2.24) is 4.90 Å². The number of nitrogens with two attached hydrogens (primary N) is 1. The lowest BCUT2D eigenvalue weighted by molar-refractivity contribution is -0.122. The fraction of sp³-hybridized carbons (Fsp3) is 0.529. The Morgan fingerprint density at radius 2 is 2.17 bits per heavy atom. The zero-order valence-corrected chi connectivity index (χ0v) is 15.2. The molecule has 24 heavy (non-hydrogen) atoms. The molecule has 3 N–H and O–H groups in total. The summed E-state index contributed by atoms with van der Waals surface area (Å²) in [5.74, 6) is 0.0330. The second-order valence-electron chi connectivity index (χ2n) is 6.30. The van der Waals surface area contributed by atoms with Gasteiger partial charge in [-0.05, 0) is 56.8 Å². The van der Waals surface area contributed by atoms with Crippen molar-refractivity contribution in [3.8, 4) is 0 Å². The molecule has 0 aliphatic carbocycles. The molecule has 1 aromatic carbocycles. The highest BCUT2D eigenvalue weighted by Gasteiger charge is 2.27. The summed E-state index contributed by atoms with van der Waals surface area (Å²) in [4.78, 5) is 25.6. The third-order valence-electron chi connectivity index (χ3n) is 4.47. The molecular formula is C17H23Cl2N3O2. The Kier molecular flexibility index (Phi) is 6.90. The number of nitrogens with one attached hydrogen (secondary N) is 1. The van der Waals surface area contributed by atoms with Crippen molar-refractivity contribution in [1.29, 1.82) is 0 Å². The van der Waals surface area contributed by atoms with Crippen LogP contribution in [0.15, 0.2) is 18.2 Å². The van der Waals surface area contributed by atoms with Gasteiger partial charge in [0.1, 0.15) is 0 Å². The Morgan fingerprint density at radius 1 is 1.42 bits per heavy atom. The van der Waals surface area contributed by atoms with Crippen molar-refractivity contribution in [2.45, 2.75) is 38.6 Å². The van der Waals surface area contributed by atoms with Crippen molar-refractivity contribution < 1.29 is 9.59 Å². The maximum Gasteiger partial charge on any atom is 0.241 e. The van der Waals surface area contributed by atoms with Crippen LogP contribution in [-0.4, -0.2) is 35.8 Å². The van der Waals surface area contributed by atoms with Crippen LogP contribution in [0.5, 0.6) is 0 Å². The summed E-state index contributed by atoms with van der Waals surface area (Å²) >= 11 is 12.0. The molecule has 5 nitrogen and oxygen atoms in total. The molecule has 1 saturated heterocycles. The maximum atomic E-state index is 12.5. The maximum absolute atomic E-state index is 12.5. The first kappa shape index (κ1) is 19.0. The predicted octanol–water partition coefficient (Wildman–Crippen LogP) is 3.30. The first-order valence-electron chi connectivity index (χ1n) is 8.15. The molecular weight excluding hydrogens is 349 g/mol. The number of rotatable bonds is 6. The van der Waals surface area contributed by atoms with E-state index in [4.69, 9.17) is 28.9 Å². The van der Waals surface area contributed by atoms with Gasteiger partial charge in [0.25, 0.3) is 0 Å². The quantitative estimate of drug-likeness (QED) is 0.805. The third kappa shape index (κ3) is 5.36. The van der Waals surface area contributed by atoms with Crippen molar-refractivity contribution in [2.24, 2.45) is 11.7 Å². The Balaban J connectivity index is 1.93. The van der Waals surface area contributed by atoms with Gasteiger partial charge < -0.3 is 11.1 Å². The number of halogens is 2. The Bertz CT molecular complexity index is 609. The molecule has 1 fully saturated rings. The Morgan fingerprint density at radius 3 is 2.83 bits per heavy atom. The minimum absolute atomic E-state index is 0.102. The normalized spacial score (nSPS) is 19.7. The molecule has 1 aliphatic heterocycles. The SMILES string of the molecule is CC(C(=O)Nc1ccc(Cl)cc1Cl)N1CCCC(CCC(N)=O)C1. The van der Waals surface area contributed by atoms with Gasteiger partial charge in [-0.1, -0.05) is 23.2 Å². The van der Waals surface area contributed by atoms with Crippen LogP contribution in [-0.2, 0) is 9.59 Å². The molecule has 0 saturated carbocycles. The van der Waals surface area contributed by atoms with Crippen LogP contribution in [0.25, 0.3) is 0 Å². The summed E-state index contributed by atoms with van der Waals surface area (Å²) in [5, 5.41) is 3.80. The van der Waals surface area contributed by atoms with Gasteiger partial charge in [0.05, 0.1) is 16.8 Å². The summed E-state index contributed by atoms with van der Waals surface area (Å²) in [5.41, 5.74) is 5.78. The molecule has 132 valence electrons. The highest BCUT2D eigenvalue weighted by atomic mass is 35.5. The van der Waals surface area contributed by atoms with Gasteiger partial charge in [0.2, 0.25) is 11.8 Å². The van der Waals surface area contributed by atoms with Crippen LogP contribution in [0.4, 0.5) is 5.69 Å². The van der Waals surface area contributed by atoms with E-state index in [1.807, 2.05) is 6.92 Å². The molecule has 0 radical (unpaired) electrons. The second kappa shape index (κ2) is 8.70. The molecule has 2 amide bonds. The fourth-order valence-corrected chi connectivity index (χ4v) is 3.48. The van der Waals surface area contributed by atoms with Crippen LogP contribution in [0.2, 0.25) is 10.0 Å². The number of hydrogen-bond donors (Lipinski definition) is 2. The van der Waals surface area contributed by atoms with E-state index in [1.165, 1.54) is 0 Å².